The molecule has 0 unspecified atom stereocenters. The summed E-state index contributed by atoms with van der Waals surface area (Å²) in [4.78, 5) is 15.9. The molecule has 0 fully saturated rings. The normalized spacial score (nSPS) is 14.9. The molecule has 0 saturated heterocycles. The van der Waals surface area contributed by atoms with E-state index in [1.807, 2.05) is 20.8 Å². The van der Waals surface area contributed by atoms with Crippen molar-refractivity contribution in [3.63, 3.8) is 0 Å². The van der Waals surface area contributed by atoms with Gasteiger partial charge < -0.3 is 9.29 Å². The largest absolute Gasteiger partial charge is 0.598 e. The van der Waals surface area contributed by atoms with Gasteiger partial charge in [-0.15, -0.1) is 16.1 Å². The van der Waals surface area contributed by atoms with Crippen LogP contribution in [0.5, 0.6) is 0 Å². The quantitative estimate of drug-likeness (QED) is 0.604. The third kappa shape index (κ3) is 5.33. The average Bonchev–Trinajstić information content (AvgIpc) is 2.73. The van der Waals surface area contributed by atoms with Crippen LogP contribution in [0.2, 0.25) is 0 Å². The van der Waals surface area contributed by atoms with Gasteiger partial charge in [-0.25, -0.2) is 4.98 Å². The molecule has 114 valence electrons. The number of halogens is 1. The van der Waals surface area contributed by atoms with Gasteiger partial charge in [0.15, 0.2) is 0 Å². The van der Waals surface area contributed by atoms with E-state index < -0.39 is 22.2 Å². The maximum Gasteiger partial charge on any atom is 0.307 e. The molecule has 0 aliphatic carbocycles. The van der Waals surface area contributed by atoms with E-state index in [-0.39, 0.29) is 12.4 Å². The van der Waals surface area contributed by atoms with E-state index in [1.54, 1.807) is 12.4 Å². The SMILES string of the molecule is CCOC(=O)C[C@@H](N[S@@+]([O-])C(C)(C)C)c1ncsc1Br. The van der Waals surface area contributed by atoms with Crippen LogP contribution in [0.4, 0.5) is 0 Å². The predicted molar refractivity (Wildman–Crippen MR) is 84.8 cm³/mol. The number of aromatic nitrogens is 1. The minimum absolute atomic E-state index is 0.0952. The van der Waals surface area contributed by atoms with Crippen molar-refractivity contribution < 1.29 is 14.1 Å². The summed E-state index contributed by atoms with van der Waals surface area (Å²) < 4.78 is 20.6. The lowest BCUT2D eigenvalue weighted by Gasteiger charge is -2.27. The van der Waals surface area contributed by atoms with Crippen LogP contribution in [0, 0.1) is 0 Å². The number of nitrogens with one attached hydrogen (secondary N) is 1. The Morgan fingerprint density at radius 1 is 1.65 bits per heavy atom. The number of ether oxygens (including phenoxy) is 1. The number of esters is 1. The predicted octanol–water partition coefficient (Wildman–Crippen LogP) is 2.95. The van der Waals surface area contributed by atoms with Gasteiger partial charge in [0, 0.05) is 11.4 Å². The van der Waals surface area contributed by atoms with Gasteiger partial charge in [0.25, 0.3) is 0 Å². The fourth-order valence-corrected chi connectivity index (χ4v) is 3.37. The zero-order valence-electron chi connectivity index (χ0n) is 11.9. The fraction of sp³-hybridized carbons (Fsp3) is 0.667. The summed E-state index contributed by atoms with van der Waals surface area (Å²) in [5.41, 5.74) is 2.36. The number of carbonyl (C=O) groups is 1. The van der Waals surface area contributed by atoms with Gasteiger partial charge >= 0.3 is 5.97 Å². The van der Waals surface area contributed by atoms with Crippen molar-refractivity contribution >= 4 is 44.6 Å². The number of nitrogens with zero attached hydrogens (tertiary/aromatic N) is 1. The maximum atomic E-state index is 12.2. The van der Waals surface area contributed by atoms with Gasteiger partial charge in [-0.2, -0.15) is 0 Å². The van der Waals surface area contributed by atoms with Crippen LogP contribution in [0.25, 0.3) is 0 Å². The smallest absolute Gasteiger partial charge is 0.307 e. The van der Waals surface area contributed by atoms with Crippen LogP contribution in [0.15, 0.2) is 9.30 Å². The van der Waals surface area contributed by atoms with Crippen molar-refractivity contribution in [3.8, 4) is 0 Å². The van der Waals surface area contributed by atoms with E-state index >= 15 is 0 Å². The molecular weight excluding hydrogens is 364 g/mol. The molecule has 0 aromatic carbocycles. The van der Waals surface area contributed by atoms with Crippen LogP contribution in [0.3, 0.4) is 0 Å². The second-order valence-corrected chi connectivity index (χ2v) is 9.24. The summed E-state index contributed by atoms with van der Waals surface area (Å²) in [5.74, 6) is -0.337. The molecule has 1 rings (SSSR count). The lowest BCUT2D eigenvalue weighted by atomic mass is 10.2. The summed E-state index contributed by atoms with van der Waals surface area (Å²) >= 11 is 3.53. The van der Waals surface area contributed by atoms with Crippen LogP contribution < -0.4 is 4.72 Å². The molecule has 0 aliphatic rings. The van der Waals surface area contributed by atoms with E-state index in [4.69, 9.17) is 4.74 Å². The van der Waals surface area contributed by atoms with Gasteiger partial charge in [0.05, 0.1) is 28.0 Å². The Hall–Kier alpha value is -0.150. The lowest BCUT2D eigenvalue weighted by Crippen LogP contribution is -2.42. The highest BCUT2D eigenvalue weighted by Crippen LogP contribution is 2.30. The molecule has 1 aromatic heterocycles. The van der Waals surface area contributed by atoms with Crippen LogP contribution in [-0.2, 0) is 20.9 Å². The molecule has 8 heteroatoms. The second-order valence-electron chi connectivity index (χ2n) is 5.07. The molecule has 1 N–H and O–H groups in total. The number of rotatable bonds is 6. The highest BCUT2D eigenvalue weighted by molar-refractivity contribution is 9.11. The van der Waals surface area contributed by atoms with Gasteiger partial charge in [-0.1, -0.05) is 0 Å². The Bertz CT molecular complexity index is 448. The van der Waals surface area contributed by atoms with Gasteiger partial charge in [-0.05, 0) is 43.6 Å². The Morgan fingerprint density at radius 3 is 2.75 bits per heavy atom. The lowest BCUT2D eigenvalue weighted by molar-refractivity contribution is -0.143. The van der Waals surface area contributed by atoms with E-state index in [2.05, 4.69) is 25.6 Å². The molecule has 1 aromatic rings. The topological polar surface area (TPSA) is 74.3 Å². The molecule has 5 nitrogen and oxygen atoms in total. The maximum absolute atomic E-state index is 12.2. The van der Waals surface area contributed by atoms with Crippen LogP contribution in [0.1, 0.15) is 45.9 Å². The zero-order chi connectivity index (χ0) is 15.3. The first-order valence-corrected chi connectivity index (χ1v) is 9.00. The van der Waals surface area contributed by atoms with E-state index in [0.29, 0.717) is 12.3 Å². The Morgan fingerprint density at radius 2 is 2.30 bits per heavy atom. The summed E-state index contributed by atoms with van der Waals surface area (Å²) in [6.07, 6.45) is 0.0952. The number of hydrogen-bond donors (Lipinski definition) is 1. The first kappa shape index (κ1) is 17.9. The van der Waals surface area contributed by atoms with E-state index in [0.717, 1.165) is 3.79 Å². The van der Waals surface area contributed by atoms with Gasteiger partial charge in [0.1, 0.15) is 10.8 Å². The first-order valence-electron chi connectivity index (χ1n) is 6.18. The van der Waals surface area contributed by atoms with Gasteiger partial charge in [-0.3, -0.25) is 4.79 Å². The van der Waals surface area contributed by atoms with E-state index in [1.165, 1.54) is 11.3 Å². The van der Waals surface area contributed by atoms with Crippen molar-refractivity contribution in [2.24, 2.45) is 0 Å². The van der Waals surface area contributed by atoms with Crippen LogP contribution >= 0.6 is 27.3 Å². The van der Waals surface area contributed by atoms with Crippen LogP contribution in [-0.4, -0.2) is 26.9 Å². The van der Waals surface area contributed by atoms with Gasteiger partial charge in [0.2, 0.25) is 0 Å². The summed E-state index contributed by atoms with van der Waals surface area (Å²) in [7, 11) is 0. The molecule has 0 amide bonds. The summed E-state index contributed by atoms with van der Waals surface area (Å²) in [6, 6.07) is -0.435. The molecule has 20 heavy (non-hydrogen) atoms. The standard InChI is InChI=1S/C12H19BrN2O3S2/c1-5-18-9(16)6-8(10-11(13)19-7-14-10)15-20(17)12(2,3)4/h7-8,15H,5-6H2,1-4H3/t8-,20+/m1/s1. The second kappa shape index (κ2) is 7.74. The third-order valence-corrected chi connectivity index (χ3v) is 5.57. The molecule has 0 saturated carbocycles. The third-order valence-electron chi connectivity index (χ3n) is 2.36. The van der Waals surface area contributed by atoms with Crippen molar-refractivity contribution in [2.45, 2.75) is 44.9 Å². The molecule has 1 heterocycles. The molecule has 2 atom stereocenters. The monoisotopic (exact) mass is 382 g/mol. The Labute approximate surface area is 134 Å². The minimum atomic E-state index is -1.29. The zero-order valence-corrected chi connectivity index (χ0v) is 15.2. The van der Waals surface area contributed by atoms with Crippen molar-refractivity contribution in [2.75, 3.05) is 6.61 Å². The number of thiazole rings is 1. The highest BCUT2D eigenvalue weighted by Gasteiger charge is 2.32. The molecule has 0 radical (unpaired) electrons. The highest BCUT2D eigenvalue weighted by atomic mass is 79.9. The molecule has 0 spiro atoms. The Balaban J connectivity index is 2.85. The molecule has 0 aliphatic heterocycles. The molecule has 0 bridgehead atoms. The first-order chi connectivity index (χ1) is 9.25. The van der Waals surface area contributed by atoms with E-state index in [9.17, 15) is 9.35 Å². The number of hydrogen-bond acceptors (Lipinski definition) is 6. The average molecular weight is 383 g/mol. The number of carbonyl (C=O) groups excluding carboxylic acids is 1. The fourth-order valence-electron chi connectivity index (χ4n) is 1.35. The van der Waals surface area contributed by atoms with Crippen molar-refractivity contribution in [1.29, 1.82) is 0 Å². The summed E-state index contributed by atoms with van der Waals surface area (Å²) in [6.45, 7) is 7.69. The van der Waals surface area contributed by atoms with Crippen molar-refractivity contribution in [3.05, 3.63) is 15.0 Å². The minimum Gasteiger partial charge on any atom is -0.598 e. The van der Waals surface area contributed by atoms with Crippen molar-refractivity contribution in [1.82, 2.24) is 9.71 Å². The Kier molecular flexibility index (Phi) is 6.93. The molecular formula is C12H19BrN2O3S2. The summed E-state index contributed by atoms with van der Waals surface area (Å²) in [5, 5.41) is 0.